The molecule has 4 aromatic rings. The van der Waals surface area contributed by atoms with Crippen LogP contribution in [0.1, 0.15) is 0 Å². The van der Waals surface area contributed by atoms with E-state index in [0.29, 0.717) is 0 Å². The molecular weight excluding hydrogens is 528 g/mol. The van der Waals surface area contributed by atoms with Crippen LogP contribution in [0.15, 0.2) is 121 Å². The summed E-state index contributed by atoms with van der Waals surface area (Å²) < 4.78 is 0. The molecule has 0 saturated carbocycles. The Balaban J connectivity index is 0.000000490. The molecule has 0 saturated heterocycles. The number of hydrogen-bond acceptors (Lipinski definition) is 0. The van der Waals surface area contributed by atoms with Crippen molar-refractivity contribution in [3.05, 3.63) is 121 Å². The molecule has 0 unspecified atom stereocenters. The van der Waals surface area contributed by atoms with Crippen LogP contribution in [0.25, 0.3) is 0 Å². The normalized spacial score (nSPS) is 8.83. The molecule has 0 fully saturated rings. The fraction of sp³-hybridized carbons (Fsp3) is 0. The predicted molar refractivity (Wildman–Crippen MR) is 135 cm³/mol. The fourth-order valence-corrected chi connectivity index (χ4v) is 4.52. The Labute approximate surface area is 204 Å². The van der Waals surface area contributed by atoms with Gasteiger partial charge in [-0.05, 0) is 21.2 Å². The summed E-state index contributed by atoms with van der Waals surface area (Å²) in [5.74, 6) is 0. The molecule has 154 valence electrons. The van der Waals surface area contributed by atoms with E-state index in [-0.39, 0.29) is 45.2 Å². The summed E-state index contributed by atoms with van der Waals surface area (Å²) in [7, 11) is 1.55. The zero-order chi connectivity index (χ0) is 17.9. The zero-order valence-corrected chi connectivity index (χ0v) is 20.9. The van der Waals surface area contributed by atoms with Gasteiger partial charge in [0.1, 0.15) is 0 Å². The second kappa shape index (κ2) is 16.7. The van der Waals surface area contributed by atoms with Crippen molar-refractivity contribution in [1.82, 2.24) is 0 Å². The number of hydrogen-bond donors (Lipinski definition) is 0. The average Bonchev–Trinajstić information content (AvgIpc) is 2.72. The maximum Gasteiger partial charge on any atom is 0 e. The third kappa shape index (κ3) is 11.1. The van der Waals surface area contributed by atoms with Crippen LogP contribution in [-0.2, 0) is 20.4 Å². The van der Waals surface area contributed by atoms with Gasteiger partial charge in [0.2, 0.25) is 0 Å². The van der Waals surface area contributed by atoms with E-state index in [2.05, 4.69) is 121 Å². The summed E-state index contributed by atoms with van der Waals surface area (Å²) in [5.41, 5.74) is 0. The molecule has 0 spiro atoms. The van der Waals surface area contributed by atoms with Crippen molar-refractivity contribution in [2.75, 3.05) is 0 Å². The Hall–Kier alpha value is -1.02. The van der Waals surface area contributed by atoms with Crippen molar-refractivity contribution in [3.8, 4) is 0 Å². The Morgan fingerprint density at radius 1 is 0.310 bits per heavy atom. The van der Waals surface area contributed by atoms with E-state index in [1.165, 1.54) is 21.2 Å². The summed E-state index contributed by atoms with van der Waals surface area (Å²) in [6.07, 6.45) is 0. The zero-order valence-electron chi connectivity index (χ0n) is 15.7. The SMILES string of the molecule is Cl.Cl.[Pd].c1ccc(Pc2ccccc2)cc1.c1ccc(Pc2ccccc2)cc1. The quantitative estimate of drug-likeness (QED) is 0.233. The maximum absolute atomic E-state index is 2.17. The molecule has 0 atom stereocenters. The topological polar surface area (TPSA) is 0 Å². The molecule has 0 nitrogen and oxygen atoms in total. The standard InChI is InChI=1S/2C12H11P.2ClH.Pd/c2*1-3-7-11(8-4-1)13-12-9-5-2-6-10-12;;;/h2*1-10,13H;2*1H;. The van der Waals surface area contributed by atoms with Crippen LogP contribution in [0, 0.1) is 0 Å². The van der Waals surface area contributed by atoms with Gasteiger partial charge < -0.3 is 0 Å². The third-order valence-corrected chi connectivity index (χ3v) is 6.16. The minimum Gasteiger partial charge on any atom is -0.147 e. The van der Waals surface area contributed by atoms with Gasteiger partial charge in [0.25, 0.3) is 0 Å². The first kappa shape index (κ1) is 28.0. The molecule has 0 N–H and O–H groups in total. The second-order valence-electron chi connectivity index (χ2n) is 5.71. The van der Waals surface area contributed by atoms with Gasteiger partial charge >= 0.3 is 0 Å². The van der Waals surface area contributed by atoms with E-state index < -0.39 is 0 Å². The smallest absolute Gasteiger partial charge is 0 e. The Kier molecular flexibility index (Phi) is 16.2. The van der Waals surface area contributed by atoms with Gasteiger partial charge in [-0.15, -0.1) is 24.8 Å². The molecule has 4 rings (SSSR count). The summed E-state index contributed by atoms with van der Waals surface area (Å²) in [6, 6.07) is 42.3. The minimum atomic E-state index is 0. The molecule has 4 aromatic carbocycles. The van der Waals surface area contributed by atoms with Crippen LogP contribution in [0.2, 0.25) is 0 Å². The van der Waals surface area contributed by atoms with Crippen LogP contribution in [0.3, 0.4) is 0 Å². The number of rotatable bonds is 4. The fourth-order valence-electron chi connectivity index (χ4n) is 2.42. The summed E-state index contributed by atoms with van der Waals surface area (Å²) in [4.78, 5) is 0. The van der Waals surface area contributed by atoms with Crippen LogP contribution >= 0.6 is 42.0 Å². The molecular formula is C24H24Cl2P2Pd. The van der Waals surface area contributed by atoms with Crippen LogP contribution in [-0.4, -0.2) is 0 Å². The van der Waals surface area contributed by atoms with E-state index in [1.807, 2.05) is 0 Å². The molecule has 0 aromatic heterocycles. The summed E-state index contributed by atoms with van der Waals surface area (Å²) >= 11 is 0. The summed E-state index contributed by atoms with van der Waals surface area (Å²) in [5, 5.41) is 5.59. The van der Waals surface area contributed by atoms with Gasteiger partial charge in [-0.25, -0.2) is 0 Å². The van der Waals surface area contributed by atoms with Crippen LogP contribution in [0.5, 0.6) is 0 Å². The van der Waals surface area contributed by atoms with Crippen LogP contribution < -0.4 is 21.2 Å². The van der Waals surface area contributed by atoms with Gasteiger partial charge in [0, 0.05) is 20.4 Å². The first-order chi connectivity index (χ1) is 12.9. The van der Waals surface area contributed by atoms with Crippen molar-refractivity contribution >= 4 is 63.2 Å². The molecule has 0 aliphatic rings. The number of benzene rings is 4. The number of halogens is 2. The largest absolute Gasteiger partial charge is 0.147 e. The molecule has 0 aliphatic heterocycles. The van der Waals surface area contributed by atoms with Gasteiger partial charge in [-0.3, -0.25) is 0 Å². The van der Waals surface area contributed by atoms with Crippen molar-refractivity contribution in [3.63, 3.8) is 0 Å². The minimum absolute atomic E-state index is 0. The molecule has 0 amide bonds. The monoisotopic (exact) mass is 550 g/mol. The van der Waals surface area contributed by atoms with Gasteiger partial charge in [-0.1, -0.05) is 138 Å². The molecule has 0 radical (unpaired) electrons. The Bertz CT molecular complexity index is 725. The molecule has 0 bridgehead atoms. The predicted octanol–water partition coefficient (Wildman–Crippen LogP) is 5.47. The van der Waals surface area contributed by atoms with E-state index in [9.17, 15) is 0 Å². The van der Waals surface area contributed by atoms with E-state index in [4.69, 9.17) is 0 Å². The van der Waals surface area contributed by atoms with Gasteiger partial charge in [0.15, 0.2) is 0 Å². The van der Waals surface area contributed by atoms with E-state index in [0.717, 1.165) is 17.2 Å². The molecule has 0 aliphatic carbocycles. The van der Waals surface area contributed by atoms with E-state index in [1.54, 1.807) is 0 Å². The van der Waals surface area contributed by atoms with Crippen molar-refractivity contribution in [1.29, 1.82) is 0 Å². The van der Waals surface area contributed by atoms with E-state index >= 15 is 0 Å². The first-order valence-electron chi connectivity index (χ1n) is 8.64. The third-order valence-electron chi connectivity index (χ3n) is 3.67. The van der Waals surface area contributed by atoms with Crippen molar-refractivity contribution in [2.24, 2.45) is 0 Å². The van der Waals surface area contributed by atoms with Gasteiger partial charge in [-0.2, -0.15) is 0 Å². The Morgan fingerprint density at radius 2 is 0.483 bits per heavy atom. The van der Waals surface area contributed by atoms with Crippen molar-refractivity contribution < 1.29 is 20.4 Å². The second-order valence-corrected chi connectivity index (χ2v) is 8.52. The van der Waals surface area contributed by atoms with Crippen molar-refractivity contribution in [2.45, 2.75) is 0 Å². The van der Waals surface area contributed by atoms with Crippen LogP contribution in [0.4, 0.5) is 0 Å². The first-order valence-corrected chi connectivity index (χ1v) is 10.6. The maximum atomic E-state index is 2.17. The Morgan fingerprint density at radius 3 is 0.655 bits per heavy atom. The molecule has 0 heterocycles. The van der Waals surface area contributed by atoms with Gasteiger partial charge in [0.05, 0.1) is 0 Å². The molecule has 29 heavy (non-hydrogen) atoms. The summed E-state index contributed by atoms with van der Waals surface area (Å²) in [6.45, 7) is 0. The average molecular weight is 552 g/mol. The molecule has 5 heteroatoms.